The topological polar surface area (TPSA) is 90.2 Å². The van der Waals surface area contributed by atoms with E-state index in [0.29, 0.717) is 29.7 Å². The van der Waals surface area contributed by atoms with Gasteiger partial charge in [-0.1, -0.05) is 6.07 Å². The van der Waals surface area contributed by atoms with Gasteiger partial charge in [0.2, 0.25) is 0 Å². The summed E-state index contributed by atoms with van der Waals surface area (Å²) in [6.45, 7) is 0. The van der Waals surface area contributed by atoms with Crippen molar-refractivity contribution in [3.05, 3.63) is 41.5 Å². The van der Waals surface area contributed by atoms with Gasteiger partial charge in [-0.3, -0.25) is 0 Å². The Morgan fingerprint density at radius 3 is 2.35 bits per heavy atom. The van der Waals surface area contributed by atoms with Gasteiger partial charge in [-0.2, -0.15) is 0 Å². The molecule has 0 amide bonds. The zero-order chi connectivity index (χ0) is 14.3. The summed E-state index contributed by atoms with van der Waals surface area (Å²) in [7, 11) is 0. The quantitative estimate of drug-likeness (QED) is 0.641. The molecule has 0 saturated carbocycles. The predicted octanol–water partition coefficient (Wildman–Crippen LogP) is 2.58. The van der Waals surface area contributed by atoms with Crippen LogP contribution < -0.4 is 4.74 Å². The first-order valence-electron chi connectivity index (χ1n) is 6.28. The molecule has 0 saturated heterocycles. The number of hydrogen-bond acceptors (Lipinski definition) is 5. The number of hydrogen-bond donors (Lipinski definition) is 4. The molecule has 1 heterocycles. The lowest BCUT2D eigenvalue weighted by Crippen LogP contribution is -2.15. The second-order valence-electron chi connectivity index (χ2n) is 4.80. The Bertz CT molecular complexity index is 645. The summed E-state index contributed by atoms with van der Waals surface area (Å²) in [5, 5.41) is 39.0. The van der Waals surface area contributed by atoms with E-state index in [1.807, 2.05) is 0 Å². The van der Waals surface area contributed by atoms with E-state index in [0.717, 1.165) is 0 Å². The molecular weight excluding hydrogens is 260 g/mol. The first-order chi connectivity index (χ1) is 9.56. The predicted molar refractivity (Wildman–Crippen MR) is 71.2 cm³/mol. The third-order valence-electron chi connectivity index (χ3n) is 3.48. The lowest BCUT2D eigenvalue weighted by Gasteiger charge is -2.27. The van der Waals surface area contributed by atoms with Crippen LogP contribution in [0.15, 0.2) is 30.3 Å². The third-order valence-corrected chi connectivity index (χ3v) is 3.48. The van der Waals surface area contributed by atoms with Crippen LogP contribution in [0.25, 0.3) is 0 Å². The number of aromatic hydroxyl groups is 4. The molecule has 4 N–H and O–H groups in total. The van der Waals surface area contributed by atoms with Crippen LogP contribution in [0.1, 0.15) is 23.7 Å². The molecule has 0 radical (unpaired) electrons. The van der Waals surface area contributed by atoms with E-state index in [9.17, 15) is 20.4 Å². The number of fused-ring (bicyclic) bond motifs is 1. The van der Waals surface area contributed by atoms with Crippen molar-refractivity contribution >= 4 is 0 Å². The van der Waals surface area contributed by atoms with Crippen molar-refractivity contribution in [1.82, 2.24) is 0 Å². The number of benzene rings is 2. The van der Waals surface area contributed by atoms with Crippen LogP contribution in [0.2, 0.25) is 0 Å². The van der Waals surface area contributed by atoms with Gasteiger partial charge in [0.1, 0.15) is 34.9 Å². The van der Waals surface area contributed by atoms with Crippen molar-refractivity contribution < 1.29 is 25.2 Å². The Morgan fingerprint density at radius 2 is 1.65 bits per heavy atom. The normalized spacial score (nSPS) is 17.3. The van der Waals surface area contributed by atoms with Crippen molar-refractivity contribution in [3.63, 3.8) is 0 Å². The van der Waals surface area contributed by atoms with Gasteiger partial charge in [0.05, 0.1) is 5.56 Å². The molecule has 1 atom stereocenters. The van der Waals surface area contributed by atoms with Gasteiger partial charge < -0.3 is 25.2 Å². The van der Waals surface area contributed by atoms with Crippen molar-refractivity contribution in [1.29, 1.82) is 0 Å². The molecule has 0 aromatic heterocycles. The highest BCUT2D eigenvalue weighted by molar-refractivity contribution is 5.52. The van der Waals surface area contributed by atoms with Crippen molar-refractivity contribution in [3.8, 4) is 28.7 Å². The van der Waals surface area contributed by atoms with Crippen LogP contribution in [-0.4, -0.2) is 20.4 Å². The van der Waals surface area contributed by atoms with Crippen molar-refractivity contribution in [2.45, 2.75) is 18.9 Å². The SMILES string of the molecule is Oc1cc(O)c2c(c1)O[C@H](c1c(O)cccc1O)CC2. The molecule has 0 unspecified atom stereocenters. The lowest BCUT2D eigenvalue weighted by atomic mass is 9.95. The number of ether oxygens (including phenoxy) is 1. The van der Waals surface area contributed by atoms with Crippen molar-refractivity contribution in [2.24, 2.45) is 0 Å². The highest BCUT2D eigenvalue weighted by Gasteiger charge is 2.28. The number of phenols is 4. The summed E-state index contributed by atoms with van der Waals surface area (Å²) in [6, 6.07) is 7.18. The molecule has 2 aromatic carbocycles. The summed E-state index contributed by atoms with van der Waals surface area (Å²) in [5.41, 5.74) is 0.940. The summed E-state index contributed by atoms with van der Waals surface area (Å²) in [4.78, 5) is 0. The summed E-state index contributed by atoms with van der Waals surface area (Å²) in [5.74, 6) is 0.176. The van der Waals surface area contributed by atoms with Gasteiger partial charge in [0, 0.05) is 17.7 Å². The second kappa shape index (κ2) is 4.52. The zero-order valence-electron chi connectivity index (χ0n) is 10.6. The third kappa shape index (κ3) is 1.97. The molecule has 2 aromatic rings. The molecule has 0 fully saturated rings. The van der Waals surface area contributed by atoms with Crippen LogP contribution in [0, 0.1) is 0 Å². The molecule has 0 spiro atoms. The standard InChI is InChI=1S/C15H14O5/c16-8-6-12(19)9-4-5-13(20-14(9)7-8)15-10(17)2-1-3-11(15)18/h1-3,6-7,13,16-19H,4-5H2/t13-/m0/s1. The van der Waals surface area contributed by atoms with Gasteiger partial charge in [-0.15, -0.1) is 0 Å². The first kappa shape index (κ1) is 12.5. The Balaban J connectivity index is 2.00. The fourth-order valence-electron chi connectivity index (χ4n) is 2.53. The molecule has 1 aliphatic rings. The minimum Gasteiger partial charge on any atom is -0.508 e. The highest BCUT2D eigenvalue weighted by atomic mass is 16.5. The maximum Gasteiger partial charge on any atom is 0.131 e. The molecule has 3 rings (SSSR count). The molecule has 5 nitrogen and oxygen atoms in total. The lowest BCUT2D eigenvalue weighted by molar-refractivity contribution is 0.166. The van der Waals surface area contributed by atoms with E-state index in [1.54, 1.807) is 6.07 Å². The molecule has 0 bridgehead atoms. The van der Waals surface area contributed by atoms with Gasteiger partial charge in [0.25, 0.3) is 0 Å². The van der Waals surface area contributed by atoms with Crippen LogP contribution in [0.3, 0.4) is 0 Å². The van der Waals surface area contributed by atoms with Gasteiger partial charge in [-0.25, -0.2) is 0 Å². The molecule has 1 aliphatic heterocycles. The smallest absolute Gasteiger partial charge is 0.131 e. The minimum absolute atomic E-state index is 0.0139. The summed E-state index contributed by atoms with van der Waals surface area (Å²) < 4.78 is 5.70. The van der Waals surface area contributed by atoms with Gasteiger partial charge >= 0.3 is 0 Å². The molecule has 5 heteroatoms. The Hall–Kier alpha value is -2.56. The summed E-state index contributed by atoms with van der Waals surface area (Å²) in [6.07, 6.45) is 0.515. The van der Waals surface area contributed by atoms with Gasteiger partial charge in [0.15, 0.2) is 0 Å². The van der Waals surface area contributed by atoms with E-state index >= 15 is 0 Å². The van der Waals surface area contributed by atoms with E-state index in [-0.39, 0.29) is 23.0 Å². The maximum absolute atomic E-state index is 9.86. The van der Waals surface area contributed by atoms with Crippen LogP contribution in [-0.2, 0) is 6.42 Å². The average molecular weight is 274 g/mol. The van der Waals surface area contributed by atoms with Crippen molar-refractivity contribution in [2.75, 3.05) is 0 Å². The number of rotatable bonds is 1. The second-order valence-corrected chi connectivity index (χ2v) is 4.80. The largest absolute Gasteiger partial charge is 0.508 e. The van der Waals surface area contributed by atoms with Crippen LogP contribution >= 0.6 is 0 Å². The summed E-state index contributed by atoms with van der Waals surface area (Å²) >= 11 is 0. The minimum atomic E-state index is -0.523. The monoisotopic (exact) mass is 274 g/mol. The number of phenolic OH excluding ortho intramolecular Hbond substituents is 4. The molecular formula is C15H14O5. The van der Waals surface area contributed by atoms with E-state index in [1.165, 1.54) is 24.3 Å². The Morgan fingerprint density at radius 1 is 0.950 bits per heavy atom. The van der Waals surface area contributed by atoms with E-state index in [4.69, 9.17) is 4.74 Å². The van der Waals surface area contributed by atoms with Crippen LogP contribution in [0.4, 0.5) is 0 Å². The molecule has 104 valence electrons. The molecule has 0 aliphatic carbocycles. The Kier molecular flexibility index (Phi) is 2.82. The van der Waals surface area contributed by atoms with Crippen LogP contribution in [0.5, 0.6) is 28.7 Å². The average Bonchev–Trinajstić information content (AvgIpc) is 2.37. The molecule has 20 heavy (non-hydrogen) atoms. The fraction of sp³-hybridized carbons (Fsp3) is 0.200. The highest BCUT2D eigenvalue weighted by Crippen LogP contribution is 2.45. The first-order valence-corrected chi connectivity index (χ1v) is 6.28. The fourth-order valence-corrected chi connectivity index (χ4v) is 2.53. The Labute approximate surface area is 115 Å². The maximum atomic E-state index is 9.86. The zero-order valence-corrected chi connectivity index (χ0v) is 10.6. The van der Waals surface area contributed by atoms with E-state index in [2.05, 4.69) is 0 Å². The van der Waals surface area contributed by atoms with Gasteiger partial charge in [-0.05, 0) is 25.0 Å². The van der Waals surface area contributed by atoms with E-state index < -0.39 is 6.10 Å².